The highest BCUT2D eigenvalue weighted by molar-refractivity contribution is 7.25. The Morgan fingerprint density at radius 2 is 0.959 bits per heavy atom. The minimum atomic E-state index is 0.925. The van der Waals surface area contributed by atoms with Crippen molar-refractivity contribution in [2.24, 2.45) is 0 Å². The molecular formula is C46H29NOS. The van der Waals surface area contributed by atoms with Crippen LogP contribution in [0.25, 0.3) is 75.1 Å². The summed E-state index contributed by atoms with van der Waals surface area (Å²) >= 11 is 1.85. The summed E-state index contributed by atoms with van der Waals surface area (Å²) in [5, 5.41) is 7.30. The van der Waals surface area contributed by atoms with E-state index in [9.17, 15) is 0 Å². The molecule has 0 spiro atoms. The second-order valence-electron chi connectivity index (χ2n) is 12.6. The molecule has 0 aliphatic rings. The van der Waals surface area contributed by atoms with Gasteiger partial charge in [-0.2, -0.15) is 0 Å². The molecule has 0 atom stereocenters. The molecule has 230 valence electrons. The van der Waals surface area contributed by atoms with Crippen molar-refractivity contribution in [1.82, 2.24) is 0 Å². The number of nitrogens with zero attached hydrogens (tertiary/aromatic N) is 1. The number of thiophene rings is 1. The van der Waals surface area contributed by atoms with Crippen LogP contribution in [0.2, 0.25) is 0 Å². The fourth-order valence-corrected chi connectivity index (χ4v) is 8.32. The molecule has 0 aliphatic heterocycles. The molecule has 10 aromatic rings. The van der Waals surface area contributed by atoms with Gasteiger partial charge in [-0.05, 0) is 99.8 Å². The van der Waals surface area contributed by atoms with Gasteiger partial charge in [-0.15, -0.1) is 11.3 Å². The third-order valence-electron chi connectivity index (χ3n) is 9.65. The summed E-state index contributed by atoms with van der Waals surface area (Å²) in [6.45, 7) is 0. The molecule has 0 aliphatic carbocycles. The first-order chi connectivity index (χ1) is 24.2. The van der Waals surface area contributed by atoms with E-state index in [2.05, 4.69) is 169 Å². The molecule has 49 heavy (non-hydrogen) atoms. The minimum absolute atomic E-state index is 0.925. The maximum absolute atomic E-state index is 6.15. The van der Waals surface area contributed by atoms with Crippen molar-refractivity contribution in [2.75, 3.05) is 4.90 Å². The summed E-state index contributed by atoms with van der Waals surface area (Å²) in [4.78, 5) is 2.36. The zero-order valence-corrected chi connectivity index (χ0v) is 27.3. The molecule has 0 N–H and O–H groups in total. The Morgan fingerprint density at radius 1 is 0.347 bits per heavy atom. The van der Waals surface area contributed by atoms with E-state index in [0.29, 0.717) is 0 Å². The molecule has 2 heterocycles. The molecule has 10 rings (SSSR count). The molecule has 3 heteroatoms. The van der Waals surface area contributed by atoms with Crippen LogP contribution in [0.4, 0.5) is 17.1 Å². The van der Waals surface area contributed by atoms with E-state index in [1.165, 1.54) is 53.2 Å². The number of anilines is 3. The molecular weight excluding hydrogens is 615 g/mol. The molecule has 0 bridgehead atoms. The predicted molar refractivity (Wildman–Crippen MR) is 210 cm³/mol. The molecule has 0 saturated heterocycles. The average Bonchev–Trinajstić information content (AvgIpc) is 3.72. The van der Waals surface area contributed by atoms with Gasteiger partial charge in [0.05, 0.1) is 0 Å². The lowest BCUT2D eigenvalue weighted by Gasteiger charge is -2.26. The van der Waals surface area contributed by atoms with Crippen molar-refractivity contribution >= 4 is 81.3 Å². The van der Waals surface area contributed by atoms with E-state index in [0.717, 1.165) is 39.0 Å². The molecule has 0 amide bonds. The molecule has 0 fully saturated rings. The van der Waals surface area contributed by atoms with E-state index in [-0.39, 0.29) is 0 Å². The molecule has 2 aromatic heterocycles. The van der Waals surface area contributed by atoms with Gasteiger partial charge in [-0.3, -0.25) is 0 Å². The van der Waals surface area contributed by atoms with Gasteiger partial charge in [0.1, 0.15) is 11.2 Å². The van der Waals surface area contributed by atoms with E-state index >= 15 is 0 Å². The predicted octanol–water partition coefficient (Wildman–Crippen LogP) is 13.9. The highest BCUT2D eigenvalue weighted by atomic mass is 32.1. The summed E-state index contributed by atoms with van der Waals surface area (Å²) in [6.07, 6.45) is 0. The van der Waals surface area contributed by atoms with Gasteiger partial charge in [-0.1, -0.05) is 109 Å². The summed E-state index contributed by atoms with van der Waals surface area (Å²) in [7, 11) is 0. The highest BCUT2D eigenvalue weighted by Gasteiger charge is 2.16. The van der Waals surface area contributed by atoms with Crippen molar-refractivity contribution in [3.8, 4) is 22.3 Å². The summed E-state index contributed by atoms with van der Waals surface area (Å²) < 4.78 is 8.75. The van der Waals surface area contributed by atoms with Crippen molar-refractivity contribution in [1.29, 1.82) is 0 Å². The van der Waals surface area contributed by atoms with E-state index in [1.54, 1.807) is 0 Å². The maximum atomic E-state index is 6.15. The van der Waals surface area contributed by atoms with Gasteiger partial charge >= 0.3 is 0 Å². The normalized spacial score (nSPS) is 11.7. The Hall–Kier alpha value is -6.16. The Balaban J connectivity index is 1.06. The number of hydrogen-bond acceptors (Lipinski definition) is 3. The van der Waals surface area contributed by atoms with Crippen molar-refractivity contribution < 1.29 is 4.42 Å². The average molecular weight is 644 g/mol. The SMILES string of the molecule is c1ccc(-c2ccc(N(c3ccc(-c4ccc5cc6oc7ccccc7c6cc5c4)cc3)c3ccc4c(c3)sc3ccccc34)cc2)cc1. The number of benzene rings is 8. The number of para-hydroxylation sites is 1. The number of furan rings is 1. The van der Waals surface area contributed by atoms with Gasteiger partial charge in [0, 0.05) is 48.0 Å². The van der Waals surface area contributed by atoms with E-state index < -0.39 is 0 Å². The van der Waals surface area contributed by atoms with Crippen LogP contribution in [0.15, 0.2) is 180 Å². The smallest absolute Gasteiger partial charge is 0.136 e. The zero-order chi connectivity index (χ0) is 32.3. The van der Waals surface area contributed by atoms with Gasteiger partial charge in [-0.25, -0.2) is 0 Å². The van der Waals surface area contributed by atoms with Crippen LogP contribution >= 0.6 is 11.3 Å². The molecule has 0 radical (unpaired) electrons. The zero-order valence-electron chi connectivity index (χ0n) is 26.5. The number of rotatable bonds is 5. The van der Waals surface area contributed by atoms with Crippen LogP contribution in [0.5, 0.6) is 0 Å². The monoisotopic (exact) mass is 643 g/mol. The lowest BCUT2D eigenvalue weighted by molar-refractivity contribution is 0.669. The Kier molecular flexibility index (Phi) is 6.39. The van der Waals surface area contributed by atoms with Crippen molar-refractivity contribution in [3.63, 3.8) is 0 Å². The highest BCUT2D eigenvalue weighted by Crippen LogP contribution is 2.42. The van der Waals surface area contributed by atoms with Crippen molar-refractivity contribution in [2.45, 2.75) is 0 Å². The van der Waals surface area contributed by atoms with E-state index in [1.807, 2.05) is 23.5 Å². The largest absolute Gasteiger partial charge is 0.456 e. The maximum Gasteiger partial charge on any atom is 0.136 e. The van der Waals surface area contributed by atoms with Gasteiger partial charge in [0.15, 0.2) is 0 Å². The molecule has 0 saturated carbocycles. The minimum Gasteiger partial charge on any atom is -0.456 e. The van der Waals surface area contributed by atoms with E-state index in [4.69, 9.17) is 4.42 Å². The fourth-order valence-electron chi connectivity index (χ4n) is 7.19. The van der Waals surface area contributed by atoms with Gasteiger partial charge in [0.25, 0.3) is 0 Å². The van der Waals surface area contributed by atoms with Gasteiger partial charge in [0.2, 0.25) is 0 Å². The lowest BCUT2D eigenvalue weighted by Crippen LogP contribution is -2.09. The second-order valence-corrected chi connectivity index (χ2v) is 13.7. The lowest BCUT2D eigenvalue weighted by atomic mass is 9.99. The third kappa shape index (κ3) is 4.78. The number of hydrogen-bond donors (Lipinski definition) is 0. The van der Waals surface area contributed by atoms with Crippen LogP contribution in [-0.2, 0) is 0 Å². The summed E-state index contributed by atoms with van der Waals surface area (Å²) in [5.74, 6) is 0. The number of fused-ring (bicyclic) bond motifs is 7. The standard InChI is InChI=1S/C46H29NOS/c1-2-8-30(9-3-1)31-16-20-36(21-17-31)47(38-24-25-41-40-11-5-7-13-45(40)49-46(41)29-38)37-22-18-32(19-23-37)33-14-15-34-28-44-42(27-35(34)26-33)39-10-4-6-12-43(39)48-44/h1-29H. The van der Waals surface area contributed by atoms with Crippen LogP contribution in [-0.4, -0.2) is 0 Å². The summed E-state index contributed by atoms with van der Waals surface area (Å²) in [6, 6.07) is 63.4. The van der Waals surface area contributed by atoms with Crippen molar-refractivity contribution in [3.05, 3.63) is 176 Å². The van der Waals surface area contributed by atoms with Crippen LogP contribution in [0.3, 0.4) is 0 Å². The first kappa shape index (κ1) is 27.9. The van der Waals surface area contributed by atoms with Crippen LogP contribution < -0.4 is 4.90 Å². The third-order valence-corrected chi connectivity index (χ3v) is 10.8. The fraction of sp³-hybridized carbons (Fsp3) is 0. The Labute approximate surface area is 287 Å². The quantitative estimate of drug-likeness (QED) is 0.186. The first-order valence-electron chi connectivity index (χ1n) is 16.6. The molecule has 0 unspecified atom stereocenters. The van der Waals surface area contributed by atoms with Gasteiger partial charge < -0.3 is 9.32 Å². The topological polar surface area (TPSA) is 16.4 Å². The second kappa shape index (κ2) is 11.2. The van der Waals surface area contributed by atoms with Crippen LogP contribution in [0, 0.1) is 0 Å². The Bertz CT molecular complexity index is 2810. The molecule has 8 aromatic carbocycles. The molecule has 2 nitrogen and oxygen atoms in total. The van der Waals surface area contributed by atoms with Crippen LogP contribution in [0.1, 0.15) is 0 Å². The summed E-state index contributed by atoms with van der Waals surface area (Å²) in [5.41, 5.74) is 10.0. The first-order valence-corrected chi connectivity index (χ1v) is 17.4. The Morgan fingerprint density at radius 3 is 1.76 bits per heavy atom.